The van der Waals surface area contributed by atoms with E-state index in [4.69, 9.17) is 9.47 Å². The number of carbonyl (C=O) groups excluding carboxylic acids is 2. The number of ketones is 1. The molecule has 1 aromatic rings. The van der Waals surface area contributed by atoms with E-state index in [0.29, 0.717) is 37.1 Å². The number of hydrogen-bond donors (Lipinski definition) is 0. The number of hydrogen-bond acceptors (Lipinski definition) is 5. The summed E-state index contributed by atoms with van der Waals surface area (Å²) in [4.78, 5) is 30.8. The van der Waals surface area contributed by atoms with Crippen LogP contribution >= 0.6 is 0 Å². The Kier molecular flexibility index (Phi) is 6.44. The van der Waals surface area contributed by atoms with Gasteiger partial charge in [0, 0.05) is 32.2 Å². The molecule has 1 saturated carbocycles. The van der Waals surface area contributed by atoms with Crippen molar-refractivity contribution >= 4 is 11.7 Å². The van der Waals surface area contributed by atoms with Gasteiger partial charge in [0.2, 0.25) is 0 Å². The Hall–Kier alpha value is -2.25. The molecule has 1 aromatic carbocycles. The Morgan fingerprint density at radius 3 is 2.61 bits per heavy atom. The lowest BCUT2D eigenvalue weighted by Gasteiger charge is -2.38. The van der Waals surface area contributed by atoms with Gasteiger partial charge >= 0.3 is 0 Å². The largest absolute Gasteiger partial charge is 0.483 e. The Morgan fingerprint density at radius 1 is 1.19 bits per heavy atom. The zero-order chi connectivity index (χ0) is 22.1. The molecule has 0 aromatic heterocycles. The molecule has 3 aliphatic rings. The summed E-state index contributed by atoms with van der Waals surface area (Å²) >= 11 is 0. The first-order chi connectivity index (χ1) is 15.0. The smallest absolute Gasteiger partial charge is 0.290 e. The van der Waals surface area contributed by atoms with Crippen LogP contribution < -0.4 is 0 Å². The summed E-state index contributed by atoms with van der Waals surface area (Å²) < 4.78 is 26.5. The molecule has 0 spiro atoms. The number of rotatable bonds is 7. The summed E-state index contributed by atoms with van der Waals surface area (Å²) in [5, 5.41) is 0. The number of fused-ring (bicyclic) bond motifs is 1. The fraction of sp³-hybridized carbons (Fsp3) is 0.583. The van der Waals surface area contributed by atoms with E-state index >= 15 is 0 Å². The van der Waals surface area contributed by atoms with E-state index in [2.05, 4.69) is 18.7 Å². The Balaban J connectivity index is 1.71. The second kappa shape index (κ2) is 9.09. The van der Waals surface area contributed by atoms with Crippen LogP contribution in [0.3, 0.4) is 0 Å². The van der Waals surface area contributed by atoms with Gasteiger partial charge in [-0.2, -0.15) is 0 Å². The Bertz CT molecular complexity index is 882. The zero-order valence-electron chi connectivity index (χ0n) is 18.5. The van der Waals surface area contributed by atoms with Crippen LogP contribution in [0, 0.1) is 11.7 Å². The van der Waals surface area contributed by atoms with Gasteiger partial charge in [0.1, 0.15) is 11.9 Å². The van der Waals surface area contributed by atoms with E-state index in [1.54, 1.807) is 30.2 Å². The third-order valence-electron chi connectivity index (χ3n) is 6.98. The minimum atomic E-state index is -0.743. The van der Waals surface area contributed by atoms with Crippen LogP contribution in [-0.2, 0) is 19.1 Å². The first-order valence-electron chi connectivity index (χ1n) is 11.3. The first kappa shape index (κ1) is 22.0. The van der Waals surface area contributed by atoms with Crippen LogP contribution in [0.1, 0.15) is 44.7 Å². The molecular formula is C24H31FN2O4. The number of amides is 1. The third kappa shape index (κ3) is 3.89. The highest BCUT2D eigenvalue weighted by Gasteiger charge is 2.53. The number of carbonyl (C=O) groups is 2. The predicted molar refractivity (Wildman–Crippen MR) is 114 cm³/mol. The van der Waals surface area contributed by atoms with Crippen LogP contribution in [0.2, 0.25) is 0 Å². The molecule has 2 aliphatic heterocycles. The van der Waals surface area contributed by atoms with Gasteiger partial charge in [-0.05, 0) is 32.0 Å². The predicted octanol–water partition coefficient (Wildman–Crippen LogP) is 3.09. The van der Waals surface area contributed by atoms with Crippen LogP contribution in [0.4, 0.5) is 4.39 Å². The summed E-state index contributed by atoms with van der Waals surface area (Å²) in [5.74, 6) is -1.01. The van der Waals surface area contributed by atoms with E-state index in [-0.39, 0.29) is 35.6 Å². The molecule has 1 fully saturated rings. The second-order valence-corrected chi connectivity index (χ2v) is 8.49. The second-order valence-electron chi connectivity index (χ2n) is 8.49. The van der Waals surface area contributed by atoms with Gasteiger partial charge in [-0.3, -0.25) is 9.59 Å². The average Bonchev–Trinajstić information content (AvgIpc) is 3.06. The molecule has 2 heterocycles. The maximum Gasteiger partial charge on any atom is 0.290 e. The summed E-state index contributed by atoms with van der Waals surface area (Å²) in [6.45, 7) is 6.89. The molecule has 0 N–H and O–H groups in total. The maximum atomic E-state index is 14.8. The molecule has 0 radical (unpaired) electrons. The standard InChI is InChI=1S/C24H31FN2O4/c1-4-26(5-2)12-13-27-21(16-8-6-7-9-18(16)25)20-22(28)17-11-10-15(30-3)14-19(17)31-23(20)24(27)29/h6-9,15,17,19,21H,4-5,10-14H2,1-3H3. The van der Waals surface area contributed by atoms with E-state index in [1.165, 1.54) is 6.07 Å². The van der Waals surface area contributed by atoms with Crippen molar-refractivity contribution in [2.24, 2.45) is 5.92 Å². The number of Topliss-reactive ketones (excluding diaryl/α,β-unsaturated/α-hetero) is 1. The van der Waals surface area contributed by atoms with Crippen molar-refractivity contribution in [1.29, 1.82) is 0 Å². The number of likely N-dealkylation sites (N-methyl/N-ethyl adjacent to an activating group) is 1. The SMILES string of the molecule is CCN(CC)CCN1C(=O)C2=C(C(=O)C3CCC(OC)CC3O2)C1c1ccccc1F. The lowest BCUT2D eigenvalue weighted by Crippen LogP contribution is -2.43. The van der Waals surface area contributed by atoms with Crippen LogP contribution in [0.5, 0.6) is 0 Å². The van der Waals surface area contributed by atoms with Crippen LogP contribution in [-0.4, -0.2) is 67.0 Å². The fourth-order valence-corrected chi connectivity index (χ4v) is 5.13. The minimum Gasteiger partial charge on any atom is -0.483 e. The lowest BCUT2D eigenvalue weighted by atomic mass is 9.76. The van der Waals surface area contributed by atoms with Gasteiger partial charge in [-0.15, -0.1) is 0 Å². The van der Waals surface area contributed by atoms with E-state index in [0.717, 1.165) is 19.5 Å². The zero-order valence-corrected chi connectivity index (χ0v) is 18.5. The van der Waals surface area contributed by atoms with Gasteiger partial charge < -0.3 is 19.3 Å². The highest BCUT2D eigenvalue weighted by molar-refractivity contribution is 6.11. The van der Waals surface area contributed by atoms with Crippen LogP contribution in [0.15, 0.2) is 35.6 Å². The first-order valence-corrected chi connectivity index (χ1v) is 11.3. The van der Waals surface area contributed by atoms with Gasteiger partial charge in [0.15, 0.2) is 11.5 Å². The highest BCUT2D eigenvalue weighted by Crippen LogP contribution is 2.47. The lowest BCUT2D eigenvalue weighted by molar-refractivity contribution is -0.138. The molecule has 4 unspecified atom stereocenters. The normalized spacial score (nSPS) is 28.1. The fourth-order valence-electron chi connectivity index (χ4n) is 5.13. The van der Waals surface area contributed by atoms with Gasteiger partial charge in [0.05, 0.1) is 23.6 Å². The van der Waals surface area contributed by atoms with Crippen LogP contribution in [0.25, 0.3) is 0 Å². The average molecular weight is 431 g/mol. The molecule has 6 nitrogen and oxygen atoms in total. The van der Waals surface area contributed by atoms with E-state index < -0.39 is 11.9 Å². The number of halogens is 1. The third-order valence-corrected chi connectivity index (χ3v) is 6.98. The molecule has 4 rings (SSSR count). The van der Waals surface area contributed by atoms with E-state index in [1.807, 2.05) is 0 Å². The molecule has 31 heavy (non-hydrogen) atoms. The highest BCUT2D eigenvalue weighted by atomic mass is 19.1. The molecule has 7 heteroatoms. The summed E-state index contributed by atoms with van der Waals surface area (Å²) in [7, 11) is 1.66. The Labute approximate surface area is 183 Å². The van der Waals surface area contributed by atoms with Gasteiger partial charge in [0.25, 0.3) is 5.91 Å². The number of benzene rings is 1. The monoisotopic (exact) mass is 430 g/mol. The molecule has 168 valence electrons. The van der Waals surface area contributed by atoms with Crippen molar-refractivity contribution in [2.45, 2.75) is 51.4 Å². The molecule has 0 saturated heterocycles. The topological polar surface area (TPSA) is 59.1 Å². The van der Waals surface area contributed by atoms with Crippen molar-refractivity contribution in [1.82, 2.24) is 9.80 Å². The maximum absolute atomic E-state index is 14.8. The Morgan fingerprint density at radius 2 is 1.94 bits per heavy atom. The number of ether oxygens (including phenoxy) is 2. The summed E-state index contributed by atoms with van der Waals surface area (Å²) in [6, 6.07) is 5.65. The van der Waals surface area contributed by atoms with Crippen molar-refractivity contribution in [3.05, 3.63) is 47.0 Å². The summed E-state index contributed by atoms with van der Waals surface area (Å²) in [6.07, 6.45) is 1.67. The van der Waals surface area contributed by atoms with Gasteiger partial charge in [-0.25, -0.2) is 4.39 Å². The quantitative estimate of drug-likeness (QED) is 0.665. The molecule has 0 bridgehead atoms. The van der Waals surface area contributed by atoms with Crippen molar-refractivity contribution < 1.29 is 23.5 Å². The van der Waals surface area contributed by atoms with Crippen molar-refractivity contribution in [2.75, 3.05) is 33.3 Å². The molecule has 1 aliphatic carbocycles. The molecular weight excluding hydrogens is 399 g/mol. The van der Waals surface area contributed by atoms with Gasteiger partial charge in [-0.1, -0.05) is 32.0 Å². The number of nitrogens with zero attached hydrogens (tertiary/aromatic N) is 2. The van der Waals surface area contributed by atoms with Crippen molar-refractivity contribution in [3.8, 4) is 0 Å². The van der Waals surface area contributed by atoms with Crippen molar-refractivity contribution in [3.63, 3.8) is 0 Å². The van der Waals surface area contributed by atoms with E-state index in [9.17, 15) is 14.0 Å². The molecule has 4 atom stereocenters. The summed E-state index contributed by atoms with van der Waals surface area (Å²) in [5.41, 5.74) is 0.674. The number of methoxy groups -OCH3 is 1. The molecule has 1 amide bonds. The minimum absolute atomic E-state index is 0.0221.